The van der Waals surface area contributed by atoms with E-state index in [1.165, 1.54) is 10.1 Å². The van der Waals surface area contributed by atoms with Crippen LogP contribution in [0.1, 0.15) is 16.8 Å². The van der Waals surface area contributed by atoms with Gasteiger partial charge in [0.2, 0.25) is 5.88 Å². The van der Waals surface area contributed by atoms with Crippen molar-refractivity contribution in [1.82, 2.24) is 9.55 Å². The highest BCUT2D eigenvalue weighted by Gasteiger charge is 2.13. The van der Waals surface area contributed by atoms with Gasteiger partial charge in [0.25, 0.3) is 0 Å². The molecule has 0 aliphatic carbocycles. The van der Waals surface area contributed by atoms with Crippen molar-refractivity contribution in [3.63, 3.8) is 0 Å². The van der Waals surface area contributed by atoms with E-state index in [2.05, 4.69) is 4.98 Å². The summed E-state index contributed by atoms with van der Waals surface area (Å²) in [5, 5.41) is 10.3. The van der Waals surface area contributed by atoms with Crippen LogP contribution in [-0.2, 0) is 19.4 Å². The minimum Gasteiger partial charge on any atom is -0.493 e. The Balaban J connectivity index is 1.77. The molecule has 2 aromatic carbocycles. The van der Waals surface area contributed by atoms with Crippen molar-refractivity contribution < 1.29 is 5.11 Å². The first kappa shape index (κ1) is 14.2. The Morgan fingerprint density at radius 3 is 2.09 bits per heavy atom. The van der Waals surface area contributed by atoms with E-state index >= 15 is 0 Å². The van der Waals surface area contributed by atoms with Crippen molar-refractivity contribution in [1.29, 1.82) is 0 Å². The van der Waals surface area contributed by atoms with Crippen molar-refractivity contribution in [3.8, 4) is 5.88 Å². The normalized spacial score (nSPS) is 10.7. The molecule has 112 valence electrons. The first-order valence-corrected chi connectivity index (χ1v) is 7.32. The number of hydrogen-bond donors (Lipinski definition) is 2. The largest absolute Gasteiger partial charge is 0.493 e. The lowest BCUT2D eigenvalue weighted by Gasteiger charge is -2.04. The predicted octanol–water partition coefficient (Wildman–Crippen LogP) is 2.72. The number of rotatable bonds is 5. The molecule has 1 aromatic heterocycles. The van der Waals surface area contributed by atoms with Gasteiger partial charge in [0.1, 0.15) is 0 Å². The Hall–Kier alpha value is -2.75. The highest BCUT2D eigenvalue weighted by Crippen LogP contribution is 2.16. The average molecular weight is 294 g/mol. The summed E-state index contributed by atoms with van der Waals surface area (Å²) in [4.78, 5) is 14.8. The van der Waals surface area contributed by atoms with Crippen LogP contribution in [0.2, 0.25) is 0 Å². The molecule has 0 saturated heterocycles. The summed E-state index contributed by atoms with van der Waals surface area (Å²) in [6.07, 6.45) is 1.38. The maximum absolute atomic E-state index is 12.0. The summed E-state index contributed by atoms with van der Waals surface area (Å²) in [5.74, 6) is 0.0322. The van der Waals surface area contributed by atoms with Gasteiger partial charge >= 0.3 is 5.69 Å². The van der Waals surface area contributed by atoms with Crippen LogP contribution < -0.4 is 5.69 Å². The third kappa shape index (κ3) is 3.11. The second-order valence-corrected chi connectivity index (χ2v) is 5.29. The molecule has 0 fully saturated rings. The molecule has 0 unspecified atom stereocenters. The van der Waals surface area contributed by atoms with Gasteiger partial charge in [-0.15, -0.1) is 0 Å². The molecular weight excluding hydrogens is 276 g/mol. The summed E-state index contributed by atoms with van der Waals surface area (Å²) in [6, 6.07) is 19.6. The van der Waals surface area contributed by atoms with E-state index in [-0.39, 0.29) is 11.6 Å². The first-order valence-electron chi connectivity index (χ1n) is 7.32. The Morgan fingerprint density at radius 2 is 1.45 bits per heavy atom. The Kier molecular flexibility index (Phi) is 4.10. The van der Waals surface area contributed by atoms with Crippen LogP contribution in [0.4, 0.5) is 0 Å². The van der Waals surface area contributed by atoms with E-state index in [0.29, 0.717) is 18.7 Å². The Labute approximate surface area is 128 Å². The van der Waals surface area contributed by atoms with Gasteiger partial charge in [-0.05, 0) is 24.0 Å². The molecule has 0 amide bonds. The number of aromatic nitrogens is 2. The second-order valence-electron chi connectivity index (χ2n) is 5.29. The maximum Gasteiger partial charge on any atom is 0.328 e. The monoisotopic (exact) mass is 294 g/mol. The van der Waals surface area contributed by atoms with E-state index in [1.54, 1.807) is 0 Å². The number of hydrogen-bond acceptors (Lipinski definition) is 2. The van der Waals surface area contributed by atoms with Crippen molar-refractivity contribution >= 4 is 0 Å². The van der Waals surface area contributed by atoms with Crippen LogP contribution in [0.3, 0.4) is 0 Å². The number of benzene rings is 2. The number of aromatic amines is 1. The molecule has 4 nitrogen and oxygen atoms in total. The zero-order chi connectivity index (χ0) is 15.4. The van der Waals surface area contributed by atoms with E-state index in [4.69, 9.17) is 0 Å². The maximum atomic E-state index is 12.0. The fourth-order valence-electron chi connectivity index (χ4n) is 2.51. The molecule has 0 aliphatic rings. The summed E-state index contributed by atoms with van der Waals surface area (Å²) in [7, 11) is 0. The van der Waals surface area contributed by atoms with Crippen molar-refractivity contribution in [2.75, 3.05) is 0 Å². The van der Waals surface area contributed by atoms with Crippen molar-refractivity contribution in [3.05, 3.63) is 88.0 Å². The van der Waals surface area contributed by atoms with Gasteiger partial charge in [0.15, 0.2) is 0 Å². The van der Waals surface area contributed by atoms with Gasteiger partial charge in [-0.2, -0.15) is 0 Å². The molecule has 1 heterocycles. The lowest BCUT2D eigenvalue weighted by Crippen LogP contribution is -2.17. The highest BCUT2D eigenvalue weighted by molar-refractivity contribution is 5.24. The number of nitrogens with one attached hydrogen (secondary N) is 1. The molecular formula is C18H18N2O2. The lowest BCUT2D eigenvalue weighted by molar-refractivity contribution is 0.415. The fraction of sp³-hybridized carbons (Fsp3) is 0.167. The van der Waals surface area contributed by atoms with Crippen LogP contribution in [0, 0.1) is 0 Å². The molecule has 4 heteroatoms. The van der Waals surface area contributed by atoms with E-state index in [9.17, 15) is 9.90 Å². The van der Waals surface area contributed by atoms with E-state index < -0.39 is 0 Å². The standard InChI is InChI=1S/C18H18N2O2/c21-17-16(12-11-14-7-3-1-4-8-14)19-18(22)20(17)13-15-9-5-2-6-10-15/h1-10,21H,11-13H2,(H,19,22). The Morgan fingerprint density at radius 1 is 0.864 bits per heavy atom. The first-order chi connectivity index (χ1) is 10.7. The molecule has 22 heavy (non-hydrogen) atoms. The second kappa shape index (κ2) is 6.35. The number of H-pyrrole nitrogens is 1. The van der Waals surface area contributed by atoms with E-state index in [0.717, 1.165) is 12.0 Å². The zero-order valence-electron chi connectivity index (χ0n) is 12.2. The SMILES string of the molecule is O=c1[nH]c(CCc2ccccc2)c(O)n1Cc1ccccc1. The van der Waals surface area contributed by atoms with Crippen LogP contribution in [0.15, 0.2) is 65.5 Å². The molecule has 0 saturated carbocycles. The van der Waals surface area contributed by atoms with Crippen LogP contribution in [0.5, 0.6) is 5.88 Å². The van der Waals surface area contributed by atoms with Gasteiger partial charge in [-0.25, -0.2) is 4.79 Å². The number of imidazole rings is 1. The predicted molar refractivity (Wildman–Crippen MR) is 86.1 cm³/mol. The molecule has 3 aromatic rings. The summed E-state index contributed by atoms with van der Waals surface area (Å²) < 4.78 is 1.37. The molecule has 0 aliphatic heterocycles. The molecule has 0 spiro atoms. The average Bonchev–Trinajstić information content (AvgIpc) is 2.82. The number of nitrogens with zero attached hydrogens (tertiary/aromatic N) is 1. The minimum absolute atomic E-state index is 0.0322. The quantitative estimate of drug-likeness (QED) is 0.760. The van der Waals surface area contributed by atoms with Crippen LogP contribution >= 0.6 is 0 Å². The van der Waals surface area contributed by atoms with Crippen LogP contribution in [-0.4, -0.2) is 14.7 Å². The fourth-order valence-corrected chi connectivity index (χ4v) is 2.51. The lowest BCUT2D eigenvalue weighted by atomic mass is 10.1. The molecule has 0 atom stereocenters. The van der Waals surface area contributed by atoms with Crippen LogP contribution in [0.25, 0.3) is 0 Å². The third-order valence-corrected chi connectivity index (χ3v) is 3.72. The molecule has 3 rings (SSSR count). The Bertz CT molecular complexity index is 789. The van der Waals surface area contributed by atoms with Gasteiger partial charge in [0, 0.05) is 0 Å². The summed E-state index contributed by atoms with van der Waals surface area (Å²) in [6.45, 7) is 0.368. The van der Waals surface area contributed by atoms with Gasteiger partial charge in [-0.1, -0.05) is 60.7 Å². The topological polar surface area (TPSA) is 58.0 Å². The number of aromatic hydroxyl groups is 1. The third-order valence-electron chi connectivity index (χ3n) is 3.72. The summed E-state index contributed by atoms with van der Waals surface area (Å²) in [5.41, 5.74) is 2.47. The summed E-state index contributed by atoms with van der Waals surface area (Å²) >= 11 is 0. The zero-order valence-corrected chi connectivity index (χ0v) is 12.2. The molecule has 0 radical (unpaired) electrons. The van der Waals surface area contributed by atoms with Gasteiger partial charge < -0.3 is 10.1 Å². The van der Waals surface area contributed by atoms with Gasteiger partial charge in [-0.3, -0.25) is 4.57 Å². The van der Waals surface area contributed by atoms with E-state index in [1.807, 2.05) is 60.7 Å². The molecule has 2 N–H and O–H groups in total. The smallest absolute Gasteiger partial charge is 0.328 e. The van der Waals surface area contributed by atoms with Crippen molar-refractivity contribution in [2.45, 2.75) is 19.4 Å². The highest BCUT2D eigenvalue weighted by atomic mass is 16.3. The molecule has 0 bridgehead atoms. The van der Waals surface area contributed by atoms with Gasteiger partial charge in [0.05, 0.1) is 12.2 Å². The minimum atomic E-state index is -0.274. The number of aryl methyl sites for hydroxylation is 2. The van der Waals surface area contributed by atoms with Crippen molar-refractivity contribution in [2.24, 2.45) is 0 Å².